The van der Waals surface area contributed by atoms with E-state index in [0.29, 0.717) is 56.3 Å². The number of nitrogens with zero attached hydrogens (tertiary/aromatic N) is 2. The number of hydrogen-bond acceptors (Lipinski definition) is 7. The molecule has 0 spiro atoms. The molecule has 216 valence electrons. The highest BCUT2D eigenvalue weighted by atomic mass is 79.9. The Labute approximate surface area is 260 Å². The lowest BCUT2D eigenvalue weighted by Gasteiger charge is -2.13. The maximum absolute atomic E-state index is 12.2. The number of amides is 2. The molecule has 0 atom stereocenters. The minimum absolute atomic E-state index is 0.390. The average molecular weight is 696 g/mol. The predicted octanol–water partition coefficient (Wildman–Crippen LogP) is 7.05. The van der Waals surface area contributed by atoms with Crippen molar-refractivity contribution in [1.29, 1.82) is 0 Å². The second kappa shape index (κ2) is 15.6. The Bertz CT molecular complexity index is 1440. The van der Waals surface area contributed by atoms with Crippen LogP contribution in [0.15, 0.2) is 104 Å². The molecule has 0 saturated carbocycles. The Kier molecular flexibility index (Phi) is 11.4. The molecule has 0 aliphatic rings. The van der Waals surface area contributed by atoms with Crippen molar-refractivity contribution in [3.8, 4) is 23.0 Å². The molecule has 0 aliphatic carbocycles. The standard InChI is InChI=1S/C31H28Br2N4O5/c1-39-27-15-23(13-25(32)29(27)41-19-21-9-5-3-6-10-21)17-34-36-31(38)37-35-18-24-14-26(33)30(28(16-24)40-2)42-20-22-11-7-4-8-12-22/h3-18H,19-20H2,1-2H3,(H2,36,37,38)/b34-17-,35-18+. The quantitative estimate of drug-likeness (QED) is 0.122. The van der Waals surface area contributed by atoms with Crippen LogP contribution in [0.25, 0.3) is 0 Å². The molecule has 11 heteroatoms. The summed E-state index contributed by atoms with van der Waals surface area (Å²) in [5.41, 5.74) is 8.18. The van der Waals surface area contributed by atoms with Gasteiger partial charge in [0.2, 0.25) is 0 Å². The summed E-state index contributed by atoms with van der Waals surface area (Å²) in [6.07, 6.45) is 2.96. The second-order valence-electron chi connectivity index (χ2n) is 8.69. The molecule has 4 rings (SSSR count). The largest absolute Gasteiger partial charge is 0.493 e. The summed E-state index contributed by atoms with van der Waals surface area (Å²) in [6.45, 7) is 0.781. The lowest BCUT2D eigenvalue weighted by molar-refractivity contribution is 0.242. The van der Waals surface area contributed by atoms with Crippen molar-refractivity contribution in [3.05, 3.63) is 116 Å². The van der Waals surface area contributed by atoms with E-state index in [4.69, 9.17) is 18.9 Å². The molecule has 0 aliphatic heterocycles. The van der Waals surface area contributed by atoms with Gasteiger partial charge in [0.15, 0.2) is 23.0 Å². The maximum Gasteiger partial charge on any atom is 0.355 e. The first kappa shape index (κ1) is 30.6. The summed E-state index contributed by atoms with van der Waals surface area (Å²) >= 11 is 7.05. The number of carbonyl (C=O) groups is 1. The molecule has 4 aromatic rings. The van der Waals surface area contributed by atoms with Gasteiger partial charge in [-0.05, 0) is 78.4 Å². The average Bonchev–Trinajstić information content (AvgIpc) is 3.00. The zero-order chi connectivity index (χ0) is 29.7. The van der Waals surface area contributed by atoms with Gasteiger partial charge in [0, 0.05) is 0 Å². The monoisotopic (exact) mass is 694 g/mol. The summed E-state index contributed by atoms with van der Waals surface area (Å²) in [4.78, 5) is 12.2. The molecule has 0 aromatic heterocycles. The summed E-state index contributed by atoms with van der Waals surface area (Å²) < 4.78 is 24.3. The smallest absolute Gasteiger partial charge is 0.355 e. The third-order valence-electron chi connectivity index (χ3n) is 5.71. The van der Waals surface area contributed by atoms with Crippen LogP contribution in [-0.4, -0.2) is 32.7 Å². The van der Waals surface area contributed by atoms with Gasteiger partial charge in [0.1, 0.15) is 13.2 Å². The second-order valence-corrected chi connectivity index (χ2v) is 10.4. The van der Waals surface area contributed by atoms with Crippen LogP contribution in [0.5, 0.6) is 23.0 Å². The molecule has 0 heterocycles. The number of rotatable bonds is 12. The van der Waals surface area contributed by atoms with Gasteiger partial charge in [-0.2, -0.15) is 10.2 Å². The lowest BCUT2D eigenvalue weighted by atomic mass is 10.2. The van der Waals surface area contributed by atoms with E-state index in [9.17, 15) is 4.79 Å². The Balaban J connectivity index is 1.31. The number of nitrogens with one attached hydrogen (secondary N) is 2. The fourth-order valence-corrected chi connectivity index (χ4v) is 4.87. The third-order valence-corrected chi connectivity index (χ3v) is 6.89. The topological polar surface area (TPSA) is 103 Å². The van der Waals surface area contributed by atoms with E-state index in [2.05, 4.69) is 52.9 Å². The van der Waals surface area contributed by atoms with Gasteiger partial charge < -0.3 is 18.9 Å². The van der Waals surface area contributed by atoms with Gasteiger partial charge >= 0.3 is 6.03 Å². The van der Waals surface area contributed by atoms with Crippen LogP contribution in [0.2, 0.25) is 0 Å². The van der Waals surface area contributed by atoms with Crippen molar-refractivity contribution in [2.75, 3.05) is 14.2 Å². The highest BCUT2D eigenvalue weighted by molar-refractivity contribution is 9.11. The van der Waals surface area contributed by atoms with Crippen molar-refractivity contribution in [2.45, 2.75) is 13.2 Å². The molecule has 9 nitrogen and oxygen atoms in total. The summed E-state index contributed by atoms with van der Waals surface area (Å²) in [5.74, 6) is 2.18. The number of ether oxygens (including phenoxy) is 4. The maximum atomic E-state index is 12.2. The van der Waals surface area contributed by atoms with E-state index in [-0.39, 0.29) is 0 Å². The van der Waals surface area contributed by atoms with Crippen molar-refractivity contribution in [2.24, 2.45) is 10.2 Å². The zero-order valence-electron chi connectivity index (χ0n) is 22.8. The minimum atomic E-state index is -0.620. The minimum Gasteiger partial charge on any atom is -0.493 e. The fourth-order valence-electron chi connectivity index (χ4n) is 3.72. The highest BCUT2D eigenvalue weighted by Gasteiger charge is 2.13. The van der Waals surface area contributed by atoms with Crippen molar-refractivity contribution >= 4 is 50.3 Å². The number of carbonyl (C=O) groups excluding carboxylic acids is 1. The number of hydrazone groups is 2. The van der Waals surface area contributed by atoms with Crippen LogP contribution in [0.4, 0.5) is 4.79 Å². The number of methoxy groups -OCH3 is 2. The van der Waals surface area contributed by atoms with Gasteiger partial charge in [0.05, 0.1) is 35.6 Å². The van der Waals surface area contributed by atoms with Gasteiger partial charge in [-0.3, -0.25) is 0 Å². The summed E-state index contributed by atoms with van der Waals surface area (Å²) in [7, 11) is 3.11. The molecule has 0 radical (unpaired) electrons. The first-order valence-electron chi connectivity index (χ1n) is 12.7. The molecule has 0 fully saturated rings. The number of halogens is 2. The van der Waals surface area contributed by atoms with Crippen LogP contribution in [0, 0.1) is 0 Å². The molecule has 2 N–H and O–H groups in total. The van der Waals surface area contributed by atoms with Crippen LogP contribution in [-0.2, 0) is 13.2 Å². The van der Waals surface area contributed by atoms with Crippen LogP contribution in [0.3, 0.4) is 0 Å². The predicted molar refractivity (Wildman–Crippen MR) is 170 cm³/mol. The molecule has 4 aromatic carbocycles. The Morgan fingerprint density at radius 2 is 1.10 bits per heavy atom. The molecule has 0 unspecified atom stereocenters. The SMILES string of the molecule is COc1cc(/C=N\NC(=O)N/N=C/c2cc(Br)c(OCc3ccccc3)c(OC)c2)cc(Br)c1OCc1ccccc1. The van der Waals surface area contributed by atoms with E-state index < -0.39 is 6.03 Å². The molecular weight excluding hydrogens is 668 g/mol. The highest BCUT2D eigenvalue weighted by Crippen LogP contribution is 2.38. The van der Waals surface area contributed by atoms with Gasteiger partial charge in [0.25, 0.3) is 0 Å². The van der Waals surface area contributed by atoms with Gasteiger partial charge in [-0.1, -0.05) is 60.7 Å². The van der Waals surface area contributed by atoms with Crippen molar-refractivity contribution < 1.29 is 23.7 Å². The Morgan fingerprint density at radius 1 is 0.690 bits per heavy atom. The Morgan fingerprint density at radius 3 is 1.48 bits per heavy atom. The first-order chi connectivity index (χ1) is 20.5. The fraction of sp³-hybridized carbons (Fsp3) is 0.129. The molecule has 42 heavy (non-hydrogen) atoms. The van der Waals surface area contributed by atoms with E-state index in [0.717, 1.165) is 11.1 Å². The van der Waals surface area contributed by atoms with Crippen molar-refractivity contribution in [3.63, 3.8) is 0 Å². The molecular formula is C31H28Br2N4O5. The summed E-state index contributed by atoms with van der Waals surface area (Å²) in [6, 6.07) is 26.2. The number of benzene rings is 4. The van der Waals surface area contributed by atoms with E-state index in [1.807, 2.05) is 72.8 Å². The van der Waals surface area contributed by atoms with Crippen molar-refractivity contribution in [1.82, 2.24) is 10.9 Å². The lowest BCUT2D eigenvalue weighted by Crippen LogP contribution is -2.28. The molecule has 0 saturated heterocycles. The number of urea groups is 1. The number of hydrogen-bond donors (Lipinski definition) is 2. The van der Waals surface area contributed by atoms with Crippen LogP contribution < -0.4 is 29.8 Å². The van der Waals surface area contributed by atoms with E-state index in [1.54, 1.807) is 26.4 Å². The van der Waals surface area contributed by atoms with Crippen LogP contribution >= 0.6 is 31.9 Å². The normalized spacial score (nSPS) is 11.0. The molecule has 2 amide bonds. The molecule has 0 bridgehead atoms. The van der Waals surface area contributed by atoms with Crippen LogP contribution in [0.1, 0.15) is 22.3 Å². The van der Waals surface area contributed by atoms with E-state index in [1.165, 1.54) is 12.4 Å². The van der Waals surface area contributed by atoms with Gasteiger partial charge in [-0.25, -0.2) is 15.6 Å². The Hall–Kier alpha value is -4.35. The first-order valence-corrected chi connectivity index (χ1v) is 14.3. The summed E-state index contributed by atoms with van der Waals surface area (Å²) in [5, 5.41) is 7.97. The van der Waals surface area contributed by atoms with Gasteiger partial charge in [-0.15, -0.1) is 0 Å². The van der Waals surface area contributed by atoms with E-state index >= 15 is 0 Å². The third kappa shape index (κ3) is 8.82. The zero-order valence-corrected chi connectivity index (χ0v) is 26.0.